The molecule has 4 nitrogen and oxygen atoms in total. The maximum atomic E-state index is 12.1. The normalized spacial score (nSPS) is 12.3. The van der Waals surface area contributed by atoms with Crippen molar-refractivity contribution in [2.24, 2.45) is 0 Å². The van der Waals surface area contributed by atoms with Crippen molar-refractivity contribution in [3.63, 3.8) is 0 Å². The fourth-order valence-electron chi connectivity index (χ4n) is 2.55. The Morgan fingerprint density at radius 1 is 1.22 bits per heavy atom. The molecule has 2 aromatic carbocycles. The summed E-state index contributed by atoms with van der Waals surface area (Å²) in [5, 5.41) is 14.6. The number of aliphatic hydroxyl groups excluding tert-OH is 1. The van der Waals surface area contributed by atoms with Crippen LogP contribution in [0.1, 0.15) is 23.8 Å². The zero-order valence-electron chi connectivity index (χ0n) is 12.6. The van der Waals surface area contributed by atoms with Crippen molar-refractivity contribution in [2.45, 2.75) is 19.4 Å². The summed E-state index contributed by atoms with van der Waals surface area (Å²) < 4.78 is 0. The molecule has 5 heteroatoms. The highest BCUT2D eigenvalue weighted by molar-refractivity contribution is 6.30. The third-order valence-electron chi connectivity index (χ3n) is 3.67. The van der Waals surface area contributed by atoms with Gasteiger partial charge in [0.25, 0.3) is 0 Å². The molecule has 23 heavy (non-hydrogen) atoms. The minimum absolute atomic E-state index is 0.00810. The van der Waals surface area contributed by atoms with Gasteiger partial charge >= 0.3 is 0 Å². The van der Waals surface area contributed by atoms with E-state index in [-0.39, 0.29) is 12.3 Å². The van der Waals surface area contributed by atoms with E-state index in [4.69, 9.17) is 11.6 Å². The van der Waals surface area contributed by atoms with Crippen molar-refractivity contribution in [3.05, 3.63) is 64.8 Å². The zero-order valence-corrected chi connectivity index (χ0v) is 13.4. The zero-order chi connectivity index (χ0) is 16.4. The third-order valence-corrected chi connectivity index (χ3v) is 3.92. The van der Waals surface area contributed by atoms with E-state index in [1.54, 1.807) is 24.3 Å². The van der Waals surface area contributed by atoms with E-state index in [0.717, 1.165) is 16.6 Å². The molecule has 0 aliphatic carbocycles. The molecule has 1 heterocycles. The maximum Gasteiger partial charge on any atom is 0.227 e. The van der Waals surface area contributed by atoms with E-state index in [2.05, 4.69) is 10.3 Å². The van der Waals surface area contributed by atoms with Crippen LogP contribution >= 0.6 is 11.6 Å². The van der Waals surface area contributed by atoms with E-state index in [1.807, 2.05) is 31.2 Å². The van der Waals surface area contributed by atoms with Crippen LogP contribution in [0, 0.1) is 6.92 Å². The van der Waals surface area contributed by atoms with Crippen LogP contribution in [0.4, 0.5) is 5.69 Å². The molecule has 0 saturated carbocycles. The second-order valence-electron chi connectivity index (χ2n) is 5.57. The molecule has 0 spiro atoms. The molecule has 3 rings (SSSR count). The highest BCUT2D eigenvalue weighted by atomic mass is 35.5. The first kappa shape index (κ1) is 15.6. The highest BCUT2D eigenvalue weighted by Crippen LogP contribution is 2.22. The van der Waals surface area contributed by atoms with Crippen LogP contribution in [0.15, 0.2) is 48.5 Å². The molecule has 0 bridgehead atoms. The molecule has 3 N–H and O–H groups in total. The Hall–Kier alpha value is -2.30. The van der Waals surface area contributed by atoms with Crippen LogP contribution in [0.25, 0.3) is 10.9 Å². The van der Waals surface area contributed by atoms with Gasteiger partial charge in [0.1, 0.15) is 0 Å². The van der Waals surface area contributed by atoms with Crippen molar-refractivity contribution in [1.82, 2.24) is 4.98 Å². The van der Waals surface area contributed by atoms with E-state index < -0.39 is 6.10 Å². The second-order valence-corrected chi connectivity index (χ2v) is 6.01. The standard InChI is InChI=1S/C18H17ClN2O2/c1-11-8-13-9-15(6-7-16(13)20-11)21-18(23)10-17(22)12-2-4-14(19)5-3-12/h2-9,17,20,22H,10H2,1H3,(H,21,23). The van der Waals surface area contributed by atoms with Gasteiger partial charge in [0, 0.05) is 27.3 Å². The number of aryl methyl sites for hydroxylation is 1. The lowest BCUT2D eigenvalue weighted by atomic mass is 10.1. The smallest absolute Gasteiger partial charge is 0.227 e. The molecule has 0 aliphatic rings. The number of halogens is 1. The van der Waals surface area contributed by atoms with Gasteiger partial charge in [-0.1, -0.05) is 23.7 Å². The molecule has 0 fully saturated rings. The highest BCUT2D eigenvalue weighted by Gasteiger charge is 2.13. The first-order valence-electron chi connectivity index (χ1n) is 7.34. The number of hydrogen-bond acceptors (Lipinski definition) is 2. The molecule has 0 radical (unpaired) electrons. The predicted molar refractivity (Wildman–Crippen MR) is 92.7 cm³/mol. The van der Waals surface area contributed by atoms with Gasteiger partial charge in [-0.3, -0.25) is 4.79 Å². The van der Waals surface area contributed by atoms with Crippen molar-refractivity contribution in [3.8, 4) is 0 Å². The topological polar surface area (TPSA) is 65.1 Å². The summed E-state index contributed by atoms with van der Waals surface area (Å²) >= 11 is 5.82. The maximum absolute atomic E-state index is 12.1. The molecule has 3 aromatic rings. The number of H-pyrrole nitrogens is 1. The van der Waals surface area contributed by atoms with Gasteiger partial charge < -0.3 is 15.4 Å². The number of fused-ring (bicyclic) bond motifs is 1. The van der Waals surface area contributed by atoms with Gasteiger partial charge in [0.15, 0.2) is 0 Å². The number of hydrogen-bond donors (Lipinski definition) is 3. The summed E-state index contributed by atoms with van der Waals surface area (Å²) in [6.07, 6.45) is -0.864. The minimum atomic E-state index is -0.856. The van der Waals surface area contributed by atoms with Crippen LogP contribution in [-0.2, 0) is 4.79 Å². The quantitative estimate of drug-likeness (QED) is 0.672. The monoisotopic (exact) mass is 328 g/mol. The molecule has 1 aromatic heterocycles. The Labute approximate surface area is 139 Å². The van der Waals surface area contributed by atoms with Crippen LogP contribution in [-0.4, -0.2) is 16.0 Å². The van der Waals surface area contributed by atoms with Crippen LogP contribution in [0.2, 0.25) is 5.02 Å². The number of nitrogens with one attached hydrogen (secondary N) is 2. The third kappa shape index (κ3) is 3.73. The molecule has 118 valence electrons. The number of aromatic nitrogens is 1. The minimum Gasteiger partial charge on any atom is -0.388 e. The largest absolute Gasteiger partial charge is 0.388 e. The lowest BCUT2D eigenvalue weighted by Gasteiger charge is -2.11. The Morgan fingerprint density at radius 2 is 1.96 bits per heavy atom. The summed E-state index contributed by atoms with van der Waals surface area (Å²) in [6.45, 7) is 1.99. The Bertz CT molecular complexity index is 840. The number of carbonyl (C=O) groups is 1. The second kappa shape index (κ2) is 6.44. The van der Waals surface area contributed by atoms with Gasteiger partial charge in [-0.25, -0.2) is 0 Å². The number of amides is 1. The number of rotatable bonds is 4. The Morgan fingerprint density at radius 3 is 2.70 bits per heavy atom. The first-order chi connectivity index (χ1) is 11.0. The van der Waals surface area contributed by atoms with Gasteiger partial charge in [0.2, 0.25) is 5.91 Å². The molecule has 1 amide bonds. The SMILES string of the molecule is Cc1cc2cc(NC(=O)CC(O)c3ccc(Cl)cc3)ccc2[nH]1. The lowest BCUT2D eigenvalue weighted by molar-refractivity contribution is -0.118. The summed E-state index contributed by atoms with van der Waals surface area (Å²) in [4.78, 5) is 15.3. The Balaban J connectivity index is 1.66. The molecular weight excluding hydrogens is 312 g/mol. The van der Waals surface area contributed by atoms with Crippen molar-refractivity contribution < 1.29 is 9.90 Å². The first-order valence-corrected chi connectivity index (χ1v) is 7.72. The number of carbonyl (C=O) groups excluding carboxylic acids is 1. The van der Waals surface area contributed by atoms with Gasteiger partial charge in [-0.15, -0.1) is 0 Å². The van der Waals surface area contributed by atoms with Gasteiger partial charge in [-0.2, -0.15) is 0 Å². The van der Waals surface area contributed by atoms with E-state index in [9.17, 15) is 9.90 Å². The van der Waals surface area contributed by atoms with Crippen molar-refractivity contribution in [2.75, 3.05) is 5.32 Å². The van der Waals surface area contributed by atoms with Crippen LogP contribution in [0.3, 0.4) is 0 Å². The summed E-state index contributed by atoms with van der Waals surface area (Å²) in [5.74, 6) is -0.237. The average Bonchev–Trinajstić information content (AvgIpc) is 2.87. The molecule has 0 aliphatic heterocycles. The van der Waals surface area contributed by atoms with Crippen LogP contribution < -0.4 is 5.32 Å². The van der Waals surface area contributed by atoms with Gasteiger partial charge in [-0.05, 0) is 48.9 Å². The molecule has 1 atom stereocenters. The predicted octanol–water partition coefficient (Wildman–Crippen LogP) is 4.19. The van der Waals surface area contributed by atoms with Crippen molar-refractivity contribution in [1.29, 1.82) is 0 Å². The molecular formula is C18H17ClN2O2. The van der Waals surface area contributed by atoms with Crippen LogP contribution in [0.5, 0.6) is 0 Å². The van der Waals surface area contributed by atoms with E-state index in [1.165, 1.54) is 0 Å². The van der Waals surface area contributed by atoms with E-state index >= 15 is 0 Å². The molecule has 1 unspecified atom stereocenters. The van der Waals surface area contributed by atoms with E-state index in [0.29, 0.717) is 16.3 Å². The summed E-state index contributed by atoms with van der Waals surface area (Å²) in [6, 6.07) is 14.5. The fraction of sp³-hybridized carbons (Fsp3) is 0.167. The number of anilines is 1. The lowest BCUT2D eigenvalue weighted by Crippen LogP contribution is -2.15. The Kier molecular flexibility index (Phi) is 4.37. The average molecular weight is 329 g/mol. The van der Waals surface area contributed by atoms with Crippen molar-refractivity contribution >= 4 is 34.1 Å². The fourth-order valence-corrected chi connectivity index (χ4v) is 2.67. The molecule has 0 saturated heterocycles. The summed E-state index contributed by atoms with van der Waals surface area (Å²) in [7, 11) is 0. The number of benzene rings is 2. The summed E-state index contributed by atoms with van der Waals surface area (Å²) in [5.41, 5.74) is 3.48. The van der Waals surface area contributed by atoms with Gasteiger partial charge in [0.05, 0.1) is 12.5 Å². The number of aromatic amines is 1. The number of aliphatic hydroxyl groups is 1.